The summed E-state index contributed by atoms with van der Waals surface area (Å²) in [5.41, 5.74) is 1.97. The van der Waals surface area contributed by atoms with Gasteiger partial charge in [-0.05, 0) is 38.6 Å². The Balaban J connectivity index is 2.39. The number of aryl methyl sites for hydroxylation is 1. The number of hydrogen-bond acceptors (Lipinski definition) is 3. The van der Waals surface area contributed by atoms with Gasteiger partial charge in [0.1, 0.15) is 0 Å². The van der Waals surface area contributed by atoms with Gasteiger partial charge in [-0.1, -0.05) is 11.6 Å². The number of halogens is 1. The Bertz CT molecular complexity index is 501. The molecule has 0 aliphatic rings. The van der Waals surface area contributed by atoms with E-state index in [-0.39, 0.29) is 6.04 Å². The summed E-state index contributed by atoms with van der Waals surface area (Å²) >= 11 is 5.99. The highest BCUT2D eigenvalue weighted by Crippen LogP contribution is 2.17. The van der Waals surface area contributed by atoms with Gasteiger partial charge < -0.3 is 5.32 Å². The number of rotatable bonds is 3. The molecule has 0 spiro atoms. The smallest absolute Gasteiger partial charge is 0.153 e. The normalized spacial score (nSPS) is 12.7. The van der Waals surface area contributed by atoms with Gasteiger partial charge in [0, 0.05) is 12.2 Å². The molecule has 0 aliphatic carbocycles. The minimum Gasteiger partial charge on any atom is -0.313 e. The van der Waals surface area contributed by atoms with E-state index in [4.69, 9.17) is 11.6 Å². The van der Waals surface area contributed by atoms with Gasteiger partial charge in [-0.2, -0.15) is 5.10 Å². The molecule has 2 aromatic rings. The number of nitrogens with one attached hydrogen (secondary N) is 1. The third-order valence-electron chi connectivity index (χ3n) is 2.78. The molecule has 1 atom stereocenters. The van der Waals surface area contributed by atoms with Crippen molar-refractivity contribution >= 4 is 11.6 Å². The molecule has 2 rings (SSSR count). The molecular weight excluding hydrogens is 236 g/mol. The average Bonchev–Trinajstić information content (AvgIpc) is 2.69. The molecule has 0 radical (unpaired) electrons. The molecule has 0 bridgehead atoms. The van der Waals surface area contributed by atoms with Crippen molar-refractivity contribution in [1.82, 2.24) is 20.1 Å². The SMILES string of the molecule is CNC(C)c1ccnc(-n2cc(Cl)c(C)n2)c1. The summed E-state index contributed by atoms with van der Waals surface area (Å²) in [5.74, 6) is 0.777. The van der Waals surface area contributed by atoms with E-state index in [1.165, 1.54) is 5.56 Å². The van der Waals surface area contributed by atoms with E-state index in [9.17, 15) is 0 Å². The maximum atomic E-state index is 5.99. The van der Waals surface area contributed by atoms with E-state index in [1.54, 1.807) is 17.1 Å². The third kappa shape index (κ3) is 2.48. The minimum atomic E-state index is 0.281. The highest BCUT2D eigenvalue weighted by atomic mass is 35.5. The summed E-state index contributed by atoms with van der Waals surface area (Å²) in [4.78, 5) is 4.29. The van der Waals surface area contributed by atoms with Crippen LogP contribution in [0.15, 0.2) is 24.5 Å². The lowest BCUT2D eigenvalue weighted by Crippen LogP contribution is -2.13. The molecule has 1 unspecified atom stereocenters. The summed E-state index contributed by atoms with van der Waals surface area (Å²) in [6.07, 6.45) is 3.55. The van der Waals surface area contributed by atoms with Gasteiger partial charge in [-0.3, -0.25) is 0 Å². The summed E-state index contributed by atoms with van der Waals surface area (Å²) in [5, 5.41) is 8.15. The predicted molar refractivity (Wildman–Crippen MR) is 68.6 cm³/mol. The molecule has 0 saturated carbocycles. The number of aromatic nitrogens is 3. The van der Waals surface area contributed by atoms with Crippen LogP contribution < -0.4 is 5.32 Å². The molecule has 0 saturated heterocycles. The molecular formula is C12H15ClN4. The van der Waals surface area contributed by atoms with E-state index >= 15 is 0 Å². The van der Waals surface area contributed by atoms with Gasteiger partial charge in [0.2, 0.25) is 0 Å². The standard InChI is InChI=1S/C12H15ClN4/c1-8(14-3)10-4-5-15-12(6-10)17-7-11(13)9(2)16-17/h4-8,14H,1-3H3. The van der Waals surface area contributed by atoms with Crippen molar-refractivity contribution < 1.29 is 0 Å². The van der Waals surface area contributed by atoms with Gasteiger partial charge in [0.15, 0.2) is 5.82 Å². The van der Waals surface area contributed by atoms with Crippen LogP contribution in [0.2, 0.25) is 5.02 Å². The Labute approximate surface area is 106 Å². The van der Waals surface area contributed by atoms with Gasteiger partial charge in [0.25, 0.3) is 0 Å². The lowest BCUT2D eigenvalue weighted by molar-refractivity contribution is 0.649. The summed E-state index contributed by atoms with van der Waals surface area (Å²) in [6.45, 7) is 3.97. The molecule has 0 aromatic carbocycles. The van der Waals surface area contributed by atoms with E-state index in [1.807, 2.05) is 26.1 Å². The zero-order valence-electron chi connectivity index (χ0n) is 10.1. The van der Waals surface area contributed by atoms with Crippen molar-refractivity contribution in [2.24, 2.45) is 0 Å². The second kappa shape index (κ2) is 4.85. The number of nitrogens with zero attached hydrogens (tertiary/aromatic N) is 3. The van der Waals surface area contributed by atoms with Crippen LogP contribution in [0.1, 0.15) is 24.2 Å². The fourth-order valence-corrected chi connectivity index (χ4v) is 1.68. The van der Waals surface area contributed by atoms with Crippen molar-refractivity contribution in [2.75, 3.05) is 7.05 Å². The molecule has 4 nitrogen and oxygen atoms in total. The molecule has 1 N–H and O–H groups in total. The Morgan fingerprint density at radius 1 is 1.47 bits per heavy atom. The molecule has 17 heavy (non-hydrogen) atoms. The third-order valence-corrected chi connectivity index (χ3v) is 3.15. The van der Waals surface area contributed by atoms with E-state index in [2.05, 4.69) is 22.3 Å². The first-order chi connectivity index (χ1) is 8.11. The maximum Gasteiger partial charge on any atom is 0.153 e. The highest BCUT2D eigenvalue weighted by Gasteiger charge is 2.08. The van der Waals surface area contributed by atoms with E-state index < -0.39 is 0 Å². The van der Waals surface area contributed by atoms with Gasteiger partial charge in [-0.25, -0.2) is 9.67 Å². The zero-order chi connectivity index (χ0) is 12.4. The largest absolute Gasteiger partial charge is 0.313 e. The van der Waals surface area contributed by atoms with Crippen LogP contribution in [0.4, 0.5) is 0 Å². The van der Waals surface area contributed by atoms with Crippen LogP contribution in [0, 0.1) is 6.92 Å². The first-order valence-electron chi connectivity index (χ1n) is 5.47. The second-order valence-corrected chi connectivity index (χ2v) is 4.37. The van der Waals surface area contributed by atoms with E-state index in [0.29, 0.717) is 5.02 Å². The Kier molecular flexibility index (Phi) is 3.45. The Morgan fingerprint density at radius 3 is 2.82 bits per heavy atom. The van der Waals surface area contributed by atoms with Crippen molar-refractivity contribution in [2.45, 2.75) is 19.9 Å². The molecule has 2 heterocycles. The highest BCUT2D eigenvalue weighted by molar-refractivity contribution is 6.31. The van der Waals surface area contributed by atoms with E-state index in [0.717, 1.165) is 11.5 Å². The molecule has 2 aromatic heterocycles. The van der Waals surface area contributed by atoms with Crippen molar-refractivity contribution in [3.63, 3.8) is 0 Å². The lowest BCUT2D eigenvalue weighted by atomic mass is 10.1. The summed E-state index contributed by atoms with van der Waals surface area (Å²) in [7, 11) is 1.93. The minimum absolute atomic E-state index is 0.281. The average molecular weight is 251 g/mol. The van der Waals surface area contributed by atoms with Crippen molar-refractivity contribution in [1.29, 1.82) is 0 Å². The van der Waals surface area contributed by atoms with Crippen LogP contribution in [0.5, 0.6) is 0 Å². The lowest BCUT2D eigenvalue weighted by Gasteiger charge is -2.11. The molecule has 0 fully saturated rings. The fourth-order valence-electron chi connectivity index (χ4n) is 1.55. The first kappa shape index (κ1) is 12.1. The number of hydrogen-bond donors (Lipinski definition) is 1. The Hall–Kier alpha value is -1.39. The van der Waals surface area contributed by atoms with Crippen LogP contribution in [0.25, 0.3) is 5.82 Å². The molecule has 90 valence electrons. The van der Waals surface area contributed by atoms with Crippen molar-refractivity contribution in [3.05, 3.63) is 40.8 Å². The maximum absolute atomic E-state index is 5.99. The van der Waals surface area contributed by atoms with Gasteiger partial charge in [0.05, 0.1) is 16.9 Å². The monoisotopic (exact) mass is 250 g/mol. The quantitative estimate of drug-likeness (QED) is 0.910. The van der Waals surface area contributed by atoms with Crippen LogP contribution in [-0.4, -0.2) is 21.8 Å². The second-order valence-electron chi connectivity index (χ2n) is 3.96. The summed E-state index contributed by atoms with van der Waals surface area (Å²) < 4.78 is 1.70. The molecule has 0 amide bonds. The van der Waals surface area contributed by atoms with Gasteiger partial charge >= 0.3 is 0 Å². The van der Waals surface area contributed by atoms with Crippen LogP contribution in [-0.2, 0) is 0 Å². The van der Waals surface area contributed by atoms with Crippen LogP contribution in [0.3, 0.4) is 0 Å². The topological polar surface area (TPSA) is 42.7 Å². The zero-order valence-corrected chi connectivity index (χ0v) is 10.9. The Morgan fingerprint density at radius 2 is 2.24 bits per heavy atom. The van der Waals surface area contributed by atoms with Gasteiger partial charge in [-0.15, -0.1) is 0 Å². The molecule has 0 aliphatic heterocycles. The molecule has 5 heteroatoms. The fraction of sp³-hybridized carbons (Fsp3) is 0.333. The predicted octanol–water partition coefficient (Wildman–Crippen LogP) is 2.51. The van der Waals surface area contributed by atoms with Crippen molar-refractivity contribution in [3.8, 4) is 5.82 Å². The summed E-state index contributed by atoms with van der Waals surface area (Å²) in [6, 6.07) is 4.27. The van der Waals surface area contributed by atoms with Crippen LogP contribution >= 0.6 is 11.6 Å². The first-order valence-corrected chi connectivity index (χ1v) is 5.85. The number of pyridine rings is 1.